The van der Waals surface area contributed by atoms with Crippen LogP contribution in [0.25, 0.3) is 5.82 Å². The zero-order chi connectivity index (χ0) is 18.6. The summed E-state index contributed by atoms with van der Waals surface area (Å²) >= 11 is 0. The average molecular weight is 371 g/mol. The molecule has 1 saturated heterocycles. The summed E-state index contributed by atoms with van der Waals surface area (Å²) in [6.07, 6.45) is 5.02. The molecule has 11 heteroatoms. The molecule has 0 saturated carbocycles. The number of aromatic nitrogens is 6. The number of nitrogen functional groups attached to an aromatic ring is 1. The molecule has 2 N–H and O–H groups in total. The summed E-state index contributed by atoms with van der Waals surface area (Å²) in [5.74, 6) is 2.48. The number of ether oxygens (including phenoxy) is 1. The quantitative estimate of drug-likeness (QED) is 0.637. The van der Waals surface area contributed by atoms with Gasteiger partial charge in [-0.3, -0.25) is 4.90 Å². The molecule has 3 aromatic rings. The van der Waals surface area contributed by atoms with Crippen LogP contribution in [0.5, 0.6) is 0 Å². The molecule has 4 heterocycles. The van der Waals surface area contributed by atoms with Gasteiger partial charge in [0.2, 0.25) is 5.89 Å². The Morgan fingerprint density at radius 3 is 2.74 bits per heavy atom. The lowest BCUT2D eigenvalue weighted by Gasteiger charge is -2.35. The minimum Gasteiger partial charge on any atom is -0.393 e. The molecule has 1 fully saturated rings. The monoisotopic (exact) mass is 371 g/mol. The molecule has 1 aliphatic heterocycles. The molecular weight excluding hydrogens is 350 g/mol. The molecule has 0 radical (unpaired) electrons. The van der Waals surface area contributed by atoms with Crippen molar-refractivity contribution in [1.82, 2.24) is 34.8 Å². The summed E-state index contributed by atoms with van der Waals surface area (Å²) < 4.78 is 11.9. The van der Waals surface area contributed by atoms with Crippen LogP contribution >= 0.6 is 0 Å². The minimum absolute atomic E-state index is 0.350. The first-order valence-corrected chi connectivity index (χ1v) is 8.63. The maximum atomic E-state index is 6.31. The van der Waals surface area contributed by atoms with Crippen LogP contribution in [0.15, 0.2) is 29.3 Å². The van der Waals surface area contributed by atoms with E-state index in [9.17, 15) is 0 Å². The van der Waals surface area contributed by atoms with Crippen molar-refractivity contribution in [1.29, 1.82) is 0 Å². The Bertz CT molecular complexity index is 872. The van der Waals surface area contributed by atoms with Crippen LogP contribution in [-0.4, -0.2) is 68.1 Å². The Balaban J connectivity index is 1.40. The highest BCUT2D eigenvalue weighted by molar-refractivity contribution is 5.70. The third-order valence-corrected chi connectivity index (χ3v) is 4.38. The van der Waals surface area contributed by atoms with Crippen LogP contribution in [0.1, 0.15) is 11.7 Å². The molecule has 0 spiro atoms. The van der Waals surface area contributed by atoms with Crippen molar-refractivity contribution in [3.8, 4) is 5.82 Å². The molecule has 4 rings (SSSR count). The number of anilines is 2. The fraction of sp³-hybridized carbons (Fsp3) is 0.438. The van der Waals surface area contributed by atoms with E-state index < -0.39 is 0 Å². The Labute approximate surface area is 155 Å². The summed E-state index contributed by atoms with van der Waals surface area (Å²) in [7, 11) is 1.60. The van der Waals surface area contributed by atoms with Crippen molar-refractivity contribution in [2.75, 3.05) is 43.9 Å². The highest BCUT2D eigenvalue weighted by atomic mass is 16.5. The zero-order valence-electron chi connectivity index (χ0n) is 15.0. The van der Waals surface area contributed by atoms with Gasteiger partial charge >= 0.3 is 0 Å². The van der Waals surface area contributed by atoms with Gasteiger partial charge in [-0.15, -0.1) is 0 Å². The van der Waals surface area contributed by atoms with Gasteiger partial charge in [0.05, 0.1) is 6.54 Å². The van der Waals surface area contributed by atoms with E-state index in [2.05, 4.69) is 35.0 Å². The predicted octanol–water partition coefficient (Wildman–Crippen LogP) is 0.0961. The van der Waals surface area contributed by atoms with E-state index in [1.54, 1.807) is 18.0 Å². The first-order chi connectivity index (χ1) is 13.2. The van der Waals surface area contributed by atoms with Gasteiger partial charge < -0.3 is 19.9 Å². The fourth-order valence-electron chi connectivity index (χ4n) is 3.06. The summed E-state index contributed by atoms with van der Waals surface area (Å²) in [5.41, 5.74) is 6.83. The van der Waals surface area contributed by atoms with Gasteiger partial charge in [0, 0.05) is 45.7 Å². The number of hydrogen-bond donors (Lipinski definition) is 1. The van der Waals surface area contributed by atoms with Crippen molar-refractivity contribution in [3.63, 3.8) is 0 Å². The van der Waals surface area contributed by atoms with Crippen LogP contribution in [0, 0.1) is 0 Å². The van der Waals surface area contributed by atoms with Gasteiger partial charge in [-0.05, 0) is 6.07 Å². The summed E-state index contributed by atoms with van der Waals surface area (Å²) in [5, 5.41) is 8.08. The molecule has 0 amide bonds. The van der Waals surface area contributed by atoms with E-state index >= 15 is 0 Å². The average Bonchev–Trinajstić information content (AvgIpc) is 3.36. The van der Waals surface area contributed by atoms with Crippen molar-refractivity contribution in [3.05, 3.63) is 36.5 Å². The van der Waals surface area contributed by atoms with Gasteiger partial charge in [0.15, 0.2) is 17.5 Å². The number of hydrogen-bond acceptors (Lipinski definition) is 10. The van der Waals surface area contributed by atoms with Crippen LogP contribution in [0.3, 0.4) is 0 Å². The van der Waals surface area contributed by atoms with Crippen molar-refractivity contribution in [2.24, 2.45) is 0 Å². The Kier molecular flexibility index (Phi) is 4.94. The highest BCUT2D eigenvalue weighted by Gasteiger charge is 2.23. The second-order valence-corrected chi connectivity index (χ2v) is 6.19. The van der Waals surface area contributed by atoms with Crippen LogP contribution in [0.2, 0.25) is 0 Å². The SMILES string of the molecule is COCc1noc(CN2CCN(c3ncnc(-n4cccn4)c3N)CC2)n1. The number of nitrogens with zero attached hydrogens (tertiary/aromatic N) is 8. The third kappa shape index (κ3) is 3.73. The summed E-state index contributed by atoms with van der Waals surface area (Å²) in [4.78, 5) is 17.4. The zero-order valence-corrected chi connectivity index (χ0v) is 15.0. The van der Waals surface area contributed by atoms with E-state index in [1.165, 1.54) is 6.33 Å². The molecule has 1 aliphatic rings. The smallest absolute Gasteiger partial charge is 0.240 e. The topological polar surface area (TPSA) is 124 Å². The molecule has 27 heavy (non-hydrogen) atoms. The lowest BCUT2D eigenvalue weighted by atomic mass is 10.3. The summed E-state index contributed by atoms with van der Waals surface area (Å²) in [6, 6.07) is 1.83. The number of rotatable bonds is 6. The molecular formula is C16H21N9O2. The third-order valence-electron chi connectivity index (χ3n) is 4.38. The van der Waals surface area contributed by atoms with Gasteiger partial charge in [-0.25, -0.2) is 14.6 Å². The molecule has 0 atom stereocenters. The van der Waals surface area contributed by atoms with Gasteiger partial charge in [-0.2, -0.15) is 10.1 Å². The molecule has 142 valence electrons. The first kappa shape index (κ1) is 17.4. The van der Waals surface area contributed by atoms with E-state index in [1.807, 2.05) is 12.3 Å². The van der Waals surface area contributed by atoms with Crippen LogP contribution < -0.4 is 10.6 Å². The van der Waals surface area contributed by atoms with Gasteiger partial charge in [0.25, 0.3) is 0 Å². The Morgan fingerprint density at radius 2 is 2.00 bits per heavy atom. The van der Waals surface area contributed by atoms with Crippen LogP contribution in [0.4, 0.5) is 11.5 Å². The lowest BCUT2D eigenvalue weighted by Crippen LogP contribution is -2.46. The maximum Gasteiger partial charge on any atom is 0.240 e. The number of methoxy groups -OCH3 is 1. The number of piperazine rings is 1. The van der Waals surface area contributed by atoms with E-state index in [-0.39, 0.29) is 0 Å². The highest BCUT2D eigenvalue weighted by Crippen LogP contribution is 2.25. The second-order valence-electron chi connectivity index (χ2n) is 6.19. The molecule has 11 nitrogen and oxygen atoms in total. The molecule has 0 aliphatic carbocycles. The largest absolute Gasteiger partial charge is 0.393 e. The predicted molar refractivity (Wildman–Crippen MR) is 96.1 cm³/mol. The molecule has 3 aromatic heterocycles. The fourth-order valence-corrected chi connectivity index (χ4v) is 3.06. The van der Waals surface area contributed by atoms with E-state index in [4.69, 9.17) is 15.0 Å². The maximum absolute atomic E-state index is 6.31. The lowest BCUT2D eigenvalue weighted by molar-refractivity contribution is 0.174. The van der Waals surface area contributed by atoms with Crippen molar-refractivity contribution >= 4 is 11.5 Å². The van der Waals surface area contributed by atoms with E-state index in [0.717, 1.165) is 32.0 Å². The molecule has 0 unspecified atom stereocenters. The van der Waals surface area contributed by atoms with Crippen LogP contribution in [-0.2, 0) is 17.9 Å². The normalized spacial score (nSPS) is 15.4. The number of nitrogens with two attached hydrogens (primary N) is 1. The van der Waals surface area contributed by atoms with Crippen molar-refractivity contribution in [2.45, 2.75) is 13.2 Å². The Hall–Kier alpha value is -3.05. The minimum atomic E-state index is 0.350. The second kappa shape index (κ2) is 7.68. The van der Waals surface area contributed by atoms with E-state index in [0.29, 0.717) is 36.4 Å². The standard InChI is InChI=1S/C16H21N9O2/c1-26-10-12-21-13(27-22-12)9-23-5-7-24(8-6-23)15-14(17)16(19-11-18-15)25-4-2-3-20-25/h2-4,11H,5-10,17H2,1H3. The van der Waals surface area contributed by atoms with Gasteiger partial charge in [-0.1, -0.05) is 5.16 Å². The first-order valence-electron chi connectivity index (χ1n) is 8.63. The Morgan fingerprint density at radius 1 is 1.19 bits per heavy atom. The van der Waals surface area contributed by atoms with Crippen molar-refractivity contribution < 1.29 is 9.26 Å². The van der Waals surface area contributed by atoms with Gasteiger partial charge in [0.1, 0.15) is 18.6 Å². The summed E-state index contributed by atoms with van der Waals surface area (Å²) in [6.45, 7) is 4.22. The molecule has 0 aromatic carbocycles. The molecule has 0 bridgehead atoms.